The lowest BCUT2D eigenvalue weighted by Crippen LogP contribution is -2.09. The molecule has 0 amide bonds. The molecule has 8 heteroatoms. The van der Waals surface area contributed by atoms with Crippen LogP contribution in [0.2, 0.25) is 5.02 Å². The van der Waals surface area contributed by atoms with E-state index in [1.165, 1.54) is 6.07 Å². The van der Waals surface area contributed by atoms with Crippen LogP contribution >= 0.6 is 11.6 Å². The molecule has 0 radical (unpaired) electrons. The summed E-state index contributed by atoms with van der Waals surface area (Å²) < 4.78 is 41.1. The zero-order valence-corrected chi connectivity index (χ0v) is 10.3. The van der Waals surface area contributed by atoms with Gasteiger partial charge in [0.05, 0.1) is 6.42 Å². The number of anilines is 1. The van der Waals surface area contributed by atoms with Crippen LogP contribution in [0.4, 0.5) is 18.9 Å². The van der Waals surface area contributed by atoms with Gasteiger partial charge in [-0.05, 0) is 18.2 Å². The Kier molecular flexibility index (Phi) is 3.66. The molecule has 0 aliphatic heterocycles. The summed E-state index contributed by atoms with van der Waals surface area (Å²) in [6.07, 6.45) is -5.58. The highest BCUT2D eigenvalue weighted by Gasteiger charge is 2.27. The van der Waals surface area contributed by atoms with E-state index in [2.05, 4.69) is 10.1 Å². The Morgan fingerprint density at radius 3 is 2.63 bits per heavy atom. The minimum Gasteiger partial charge on any atom is -0.399 e. The van der Waals surface area contributed by atoms with Gasteiger partial charge in [0.1, 0.15) is 0 Å². The molecule has 1 aromatic carbocycles. The molecule has 0 saturated carbocycles. The molecule has 2 rings (SSSR count). The van der Waals surface area contributed by atoms with E-state index in [9.17, 15) is 13.2 Å². The number of nitrogens with zero attached hydrogens (tertiary/aromatic N) is 2. The van der Waals surface area contributed by atoms with E-state index in [1.54, 1.807) is 12.1 Å². The average molecular weight is 292 g/mol. The van der Waals surface area contributed by atoms with E-state index >= 15 is 0 Å². The number of aromatic nitrogens is 2. The van der Waals surface area contributed by atoms with E-state index in [1.807, 2.05) is 0 Å². The number of hydrogen-bond donors (Lipinski definition) is 1. The first-order valence-electron chi connectivity index (χ1n) is 5.29. The maximum Gasteiger partial charge on any atom is 0.389 e. The largest absolute Gasteiger partial charge is 0.399 e. The molecular weight excluding hydrogens is 283 g/mol. The third-order valence-corrected chi connectivity index (χ3v) is 2.49. The molecule has 0 atom stereocenters. The number of nitrogen functional groups attached to an aromatic ring is 1. The Hall–Kier alpha value is -1.76. The molecule has 1 heterocycles. The van der Waals surface area contributed by atoms with Gasteiger partial charge in [0.15, 0.2) is 5.82 Å². The molecule has 0 fully saturated rings. The van der Waals surface area contributed by atoms with Crippen molar-refractivity contribution in [1.29, 1.82) is 0 Å². The molecule has 102 valence electrons. The van der Waals surface area contributed by atoms with E-state index in [0.717, 1.165) is 0 Å². The molecule has 2 aromatic rings. The lowest BCUT2D eigenvalue weighted by Gasteiger charge is -2.01. The first-order valence-corrected chi connectivity index (χ1v) is 5.67. The summed E-state index contributed by atoms with van der Waals surface area (Å²) in [5, 5.41) is 3.86. The molecule has 4 nitrogen and oxygen atoms in total. The SMILES string of the molecule is Nc1cc(Cl)cc(-c2nc(CCC(F)(F)F)no2)c1. The van der Waals surface area contributed by atoms with Crippen LogP contribution in [-0.4, -0.2) is 16.3 Å². The smallest absolute Gasteiger partial charge is 0.389 e. The van der Waals surface area contributed by atoms with Crippen molar-refractivity contribution in [3.8, 4) is 11.5 Å². The van der Waals surface area contributed by atoms with Crippen LogP contribution in [-0.2, 0) is 6.42 Å². The maximum absolute atomic E-state index is 12.1. The Morgan fingerprint density at radius 2 is 2.00 bits per heavy atom. The zero-order chi connectivity index (χ0) is 14.0. The summed E-state index contributed by atoms with van der Waals surface area (Å²) >= 11 is 5.81. The molecule has 19 heavy (non-hydrogen) atoms. The van der Waals surface area contributed by atoms with Crippen molar-refractivity contribution in [2.45, 2.75) is 19.0 Å². The van der Waals surface area contributed by atoms with Gasteiger partial charge < -0.3 is 10.3 Å². The fraction of sp³-hybridized carbons (Fsp3) is 0.273. The quantitative estimate of drug-likeness (QED) is 0.880. The minimum absolute atomic E-state index is 0.00845. The zero-order valence-electron chi connectivity index (χ0n) is 9.54. The van der Waals surface area contributed by atoms with Gasteiger partial charge in [-0.2, -0.15) is 18.2 Å². The van der Waals surface area contributed by atoms with Crippen LogP contribution in [0.5, 0.6) is 0 Å². The van der Waals surface area contributed by atoms with Gasteiger partial charge in [0.2, 0.25) is 0 Å². The maximum atomic E-state index is 12.1. The second-order valence-corrected chi connectivity index (χ2v) is 4.34. The van der Waals surface area contributed by atoms with Crippen molar-refractivity contribution in [3.05, 3.63) is 29.0 Å². The first-order chi connectivity index (χ1) is 8.83. The summed E-state index contributed by atoms with van der Waals surface area (Å²) in [5.41, 5.74) is 6.47. The Labute approximate surface area is 111 Å². The molecule has 0 spiro atoms. The van der Waals surface area contributed by atoms with Gasteiger partial charge in [-0.3, -0.25) is 0 Å². The predicted molar refractivity (Wildman–Crippen MR) is 63.5 cm³/mol. The van der Waals surface area contributed by atoms with E-state index in [0.29, 0.717) is 16.3 Å². The number of rotatable bonds is 3. The average Bonchev–Trinajstić information content (AvgIpc) is 2.72. The van der Waals surface area contributed by atoms with Gasteiger partial charge in [0, 0.05) is 22.7 Å². The first kappa shape index (κ1) is 13.7. The summed E-state index contributed by atoms with van der Waals surface area (Å²) in [7, 11) is 0. The topological polar surface area (TPSA) is 64.9 Å². The minimum atomic E-state index is -4.25. The molecule has 0 saturated heterocycles. The van der Waals surface area contributed by atoms with Crippen LogP contribution in [0.25, 0.3) is 11.5 Å². The summed E-state index contributed by atoms with van der Waals surface area (Å²) in [6, 6.07) is 4.62. The molecule has 1 aromatic heterocycles. The van der Waals surface area contributed by atoms with Crippen molar-refractivity contribution in [1.82, 2.24) is 10.1 Å². The molecule has 0 aliphatic carbocycles. The Bertz CT molecular complexity index is 563. The van der Waals surface area contributed by atoms with E-state index in [-0.39, 0.29) is 18.1 Å². The van der Waals surface area contributed by atoms with Gasteiger partial charge in [0.25, 0.3) is 5.89 Å². The normalized spacial score (nSPS) is 11.8. The highest BCUT2D eigenvalue weighted by molar-refractivity contribution is 6.31. The lowest BCUT2D eigenvalue weighted by atomic mass is 10.2. The van der Waals surface area contributed by atoms with Gasteiger partial charge in [-0.1, -0.05) is 16.8 Å². The van der Waals surface area contributed by atoms with Crippen molar-refractivity contribution in [2.24, 2.45) is 0 Å². The number of alkyl halides is 3. The third kappa shape index (κ3) is 3.85. The molecular formula is C11H9ClF3N3O. The van der Waals surface area contributed by atoms with E-state index in [4.69, 9.17) is 21.9 Å². The Morgan fingerprint density at radius 1 is 1.26 bits per heavy atom. The number of halogens is 4. The molecule has 0 aliphatic rings. The number of aryl methyl sites for hydroxylation is 1. The van der Waals surface area contributed by atoms with Gasteiger partial charge in [-0.15, -0.1) is 0 Å². The van der Waals surface area contributed by atoms with Crippen LogP contribution in [0.1, 0.15) is 12.2 Å². The summed E-state index contributed by atoms with van der Waals surface area (Å²) in [6.45, 7) is 0. The van der Waals surface area contributed by atoms with Crippen molar-refractivity contribution >= 4 is 17.3 Å². The molecule has 0 unspecified atom stereocenters. The van der Waals surface area contributed by atoms with Crippen LogP contribution in [0, 0.1) is 0 Å². The number of benzene rings is 1. The van der Waals surface area contributed by atoms with Crippen molar-refractivity contribution < 1.29 is 17.7 Å². The van der Waals surface area contributed by atoms with Gasteiger partial charge >= 0.3 is 6.18 Å². The fourth-order valence-electron chi connectivity index (χ4n) is 1.46. The summed E-state index contributed by atoms with van der Waals surface area (Å²) in [4.78, 5) is 3.87. The second-order valence-electron chi connectivity index (χ2n) is 3.90. The number of hydrogen-bond acceptors (Lipinski definition) is 4. The second kappa shape index (κ2) is 5.08. The Balaban J connectivity index is 2.16. The van der Waals surface area contributed by atoms with Crippen molar-refractivity contribution in [3.63, 3.8) is 0 Å². The number of nitrogens with two attached hydrogens (primary N) is 1. The lowest BCUT2D eigenvalue weighted by molar-refractivity contribution is -0.134. The van der Waals surface area contributed by atoms with Crippen LogP contribution < -0.4 is 5.73 Å². The molecule has 0 bridgehead atoms. The summed E-state index contributed by atoms with van der Waals surface area (Å²) in [5.74, 6) is 0.0808. The monoisotopic (exact) mass is 291 g/mol. The highest BCUT2D eigenvalue weighted by Crippen LogP contribution is 2.26. The van der Waals surface area contributed by atoms with Crippen LogP contribution in [0.15, 0.2) is 22.7 Å². The predicted octanol–water partition coefficient (Wildman–Crippen LogP) is 3.47. The fourth-order valence-corrected chi connectivity index (χ4v) is 1.71. The van der Waals surface area contributed by atoms with Crippen LogP contribution in [0.3, 0.4) is 0 Å². The van der Waals surface area contributed by atoms with Crippen molar-refractivity contribution in [2.75, 3.05) is 5.73 Å². The standard InChI is InChI=1S/C11H9ClF3N3O/c12-7-3-6(4-8(16)5-7)10-17-9(18-19-10)1-2-11(13,14)15/h3-5H,1-2,16H2. The van der Waals surface area contributed by atoms with Gasteiger partial charge in [-0.25, -0.2) is 0 Å². The molecule has 2 N–H and O–H groups in total. The highest BCUT2D eigenvalue weighted by atomic mass is 35.5. The third-order valence-electron chi connectivity index (χ3n) is 2.27. The van der Waals surface area contributed by atoms with E-state index < -0.39 is 12.6 Å².